The molecule has 5 rings (SSSR count). The maximum atomic E-state index is 12.4. The van der Waals surface area contributed by atoms with Crippen LogP contribution in [0.4, 0.5) is 0 Å². The minimum absolute atomic E-state index is 0.274. The van der Waals surface area contributed by atoms with Gasteiger partial charge in [0.2, 0.25) is 6.29 Å². The van der Waals surface area contributed by atoms with Crippen LogP contribution in [0.5, 0.6) is 0 Å². The first-order valence-corrected chi connectivity index (χ1v) is 15.4. The Bertz CT molecular complexity index is 798. The Kier molecular flexibility index (Phi) is 7.13. The molecule has 0 N–H and O–H groups in total. The monoisotopic (exact) mass is 506 g/mol. The lowest BCUT2D eigenvalue weighted by Gasteiger charge is -2.62. The van der Waals surface area contributed by atoms with Crippen LogP contribution in [-0.2, 0) is 14.3 Å². The molecule has 4 saturated carbocycles. The number of halogens is 1. The van der Waals surface area contributed by atoms with Gasteiger partial charge in [0.15, 0.2) is 0 Å². The zero-order valence-electron chi connectivity index (χ0n) is 23.3. The summed E-state index contributed by atoms with van der Waals surface area (Å²) in [4.78, 5) is 12.4. The number of carbonyl (C=O) groups excluding carboxylic acids is 1. The van der Waals surface area contributed by atoms with Crippen LogP contribution in [0.25, 0.3) is 0 Å². The van der Waals surface area contributed by atoms with E-state index in [-0.39, 0.29) is 11.4 Å². The SMILES string of the molecule is CO[C@H]1OC(=O)[C@@H](Cl)[C@@]12CC[C@@]1(C)[C@@H](CC[C@@H]3[C@@H]1CC[C@]1(C)[C@@H]([C@H](C)CCCC(C)C)CC[C@@H]31)C2. The van der Waals surface area contributed by atoms with Crippen LogP contribution in [0.1, 0.15) is 112 Å². The minimum Gasteiger partial charge on any atom is -0.434 e. The molecule has 0 aromatic heterocycles. The van der Waals surface area contributed by atoms with E-state index in [1.54, 1.807) is 7.11 Å². The van der Waals surface area contributed by atoms with Crippen LogP contribution in [0, 0.1) is 57.7 Å². The molecule has 11 atom stereocenters. The second kappa shape index (κ2) is 9.48. The molecular weight excluding hydrogens is 456 g/mol. The van der Waals surface area contributed by atoms with Crippen molar-refractivity contribution in [2.75, 3.05) is 7.11 Å². The molecule has 0 bridgehead atoms. The largest absolute Gasteiger partial charge is 0.434 e. The third-order valence-electron chi connectivity index (χ3n) is 12.6. The summed E-state index contributed by atoms with van der Waals surface area (Å²) in [6.07, 6.45) is 15.2. The zero-order chi connectivity index (χ0) is 25.2. The summed E-state index contributed by atoms with van der Waals surface area (Å²) in [5.41, 5.74) is 0.583. The highest BCUT2D eigenvalue weighted by Crippen LogP contribution is 2.70. The number of hydrogen-bond acceptors (Lipinski definition) is 3. The van der Waals surface area contributed by atoms with Crippen LogP contribution < -0.4 is 0 Å². The second-order valence-corrected chi connectivity index (χ2v) is 14.9. The lowest BCUT2D eigenvalue weighted by Crippen LogP contribution is -2.57. The number of rotatable bonds is 6. The second-order valence-electron chi connectivity index (χ2n) is 14.5. The number of carbonyl (C=O) groups is 1. The van der Waals surface area contributed by atoms with Gasteiger partial charge in [0, 0.05) is 7.11 Å². The molecule has 1 saturated heterocycles. The summed E-state index contributed by atoms with van der Waals surface area (Å²) in [6.45, 7) is 12.6. The van der Waals surface area contributed by atoms with E-state index in [1.165, 1.54) is 57.8 Å². The molecule has 5 aliphatic rings. The van der Waals surface area contributed by atoms with Crippen LogP contribution >= 0.6 is 11.6 Å². The van der Waals surface area contributed by atoms with Crippen LogP contribution in [0.3, 0.4) is 0 Å². The van der Waals surface area contributed by atoms with E-state index in [1.807, 2.05) is 0 Å². The van der Waals surface area contributed by atoms with Crippen molar-refractivity contribution < 1.29 is 14.3 Å². The first kappa shape index (κ1) is 26.3. The van der Waals surface area contributed by atoms with Crippen LogP contribution in [-0.4, -0.2) is 24.7 Å². The van der Waals surface area contributed by atoms with Gasteiger partial charge >= 0.3 is 5.97 Å². The van der Waals surface area contributed by atoms with E-state index in [0.717, 1.165) is 54.8 Å². The van der Waals surface area contributed by atoms with Gasteiger partial charge in [-0.1, -0.05) is 53.9 Å². The van der Waals surface area contributed by atoms with Crippen molar-refractivity contribution in [1.82, 2.24) is 0 Å². The van der Waals surface area contributed by atoms with E-state index >= 15 is 0 Å². The summed E-state index contributed by atoms with van der Waals surface area (Å²) in [5.74, 6) is 5.61. The van der Waals surface area contributed by atoms with Gasteiger partial charge in [-0.3, -0.25) is 4.79 Å². The molecule has 200 valence electrons. The Morgan fingerprint density at radius 1 is 0.971 bits per heavy atom. The summed E-state index contributed by atoms with van der Waals surface area (Å²) in [7, 11) is 1.67. The predicted molar refractivity (Wildman–Crippen MR) is 142 cm³/mol. The molecule has 0 aromatic rings. The Morgan fingerprint density at radius 3 is 2.43 bits per heavy atom. The van der Waals surface area contributed by atoms with Crippen LogP contribution in [0.15, 0.2) is 0 Å². The standard InChI is InChI=1S/C31H51ClO3/c1-19(2)8-7-9-20(3)23-12-13-24-22-11-10-21-18-31(26(32)27(33)35-28(31)34-6)17-16-29(21,4)25(22)14-15-30(23,24)5/h19-26,28H,7-18H2,1-6H3/t20-,21+,22+,23-,24+,25+,26-,28+,29+,30-,31+/m1/s1. The maximum Gasteiger partial charge on any atom is 0.327 e. The van der Waals surface area contributed by atoms with Gasteiger partial charge < -0.3 is 9.47 Å². The normalized spacial score (nSPS) is 50.1. The molecule has 4 aliphatic carbocycles. The molecule has 4 heteroatoms. The third-order valence-corrected chi connectivity index (χ3v) is 13.3. The van der Waals surface area contributed by atoms with E-state index < -0.39 is 11.7 Å². The Labute approximate surface area is 219 Å². The molecule has 1 heterocycles. The lowest BCUT2D eigenvalue weighted by molar-refractivity contribution is -0.192. The van der Waals surface area contributed by atoms with Crippen molar-refractivity contribution >= 4 is 17.6 Å². The fourth-order valence-electron chi connectivity index (χ4n) is 10.7. The van der Waals surface area contributed by atoms with Gasteiger partial charge in [0.25, 0.3) is 0 Å². The van der Waals surface area contributed by atoms with Crippen molar-refractivity contribution in [3.8, 4) is 0 Å². The molecule has 5 fully saturated rings. The summed E-state index contributed by atoms with van der Waals surface area (Å²) in [5, 5.41) is -0.558. The number of alkyl halides is 1. The van der Waals surface area contributed by atoms with Crippen molar-refractivity contribution in [2.24, 2.45) is 57.7 Å². The Hall–Kier alpha value is -0.280. The molecule has 0 radical (unpaired) electrons. The van der Waals surface area contributed by atoms with E-state index in [9.17, 15) is 4.79 Å². The number of hydrogen-bond donors (Lipinski definition) is 0. The quantitative estimate of drug-likeness (QED) is 0.269. The molecule has 0 aromatic carbocycles. The fourth-order valence-corrected chi connectivity index (χ4v) is 11.1. The average molecular weight is 507 g/mol. The van der Waals surface area contributed by atoms with E-state index in [4.69, 9.17) is 21.1 Å². The van der Waals surface area contributed by atoms with Gasteiger partial charge in [-0.15, -0.1) is 11.6 Å². The predicted octanol–water partition coefficient (Wildman–Crippen LogP) is 8.23. The van der Waals surface area contributed by atoms with Gasteiger partial charge in [-0.25, -0.2) is 0 Å². The third kappa shape index (κ3) is 4.03. The van der Waals surface area contributed by atoms with Gasteiger partial charge in [-0.05, 0) is 110 Å². The number of methoxy groups -OCH3 is 1. The number of fused-ring (bicyclic) bond motifs is 5. The molecular formula is C31H51ClO3. The smallest absolute Gasteiger partial charge is 0.327 e. The summed E-state index contributed by atoms with van der Waals surface area (Å²) >= 11 is 6.72. The first-order valence-electron chi connectivity index (χ1n) is 14.9. The maximum absolute atomic E-state index is 12.4. The highest BCUT2D eigenvalue weighted by molar-refractivity contribution is 6.31. The molecule has 1 spiro atoms. The van der Waals surface area contributed by atoms with Crippen molar-refractivity contribution in [1.29, 1.82) is 0 Å². The Morgan fingerprint density at radius 2 is 1.71 bits per heavy atom. The van der Waals surface area contributed by atoms with Crippen LogP contribution in [0.2, 0.25) is 0 Å². The van der Waals surface area contributed by atoms with Crippen molar-refractivity contribution in [2.45, 2.75) is 123 Å². The molecule has 3 nitrogen and oxygen atoms in total. The number of ether oxygens (including phenoxy) is 2. The van der Waals surface area contributed by atoms with Crippen molar-refractivity contribution in [3.63, 3.8) is 0 Å². The molecule has 1 aliphatic heterocycles. The first-order chi connectivity index (χ1) is 16.6. The number of esters is 1. The van der Waals surface area contributed by atoms with Crippen molar-refractivity contribution in [3.05, 3.63) is 0 Å². The Balaban J connectivity index is 1.30. The van der Waals surface area contributed by atoms with Gasteiger partial charge in [-0.2, -0.15) is 0 Å². The van der Waals surface area contributed by atoms with E-state index in [2.05, 4.69) is 34.6 Å². The van der Waals surface area contributed by atoms with Gasteiger partial charge in [0.1, 0.15) is 5.38 Å². The zero-order valence-corrected chi connectivity index (χ0v) is 24.0. The highest BCUT2D eigenvalue weighted by Gasteiger charge is 2.66. The lowest BCUT2D eigenvalue weighted by atomic mass is 9.42. The topological polar surface area (TPSA) is 35.5 Å². The number of cyclic esters (lactones) is 1. The fraction of sp³-hybridized carbons (Fsp3) is 0.968. The minimum atomic E-state index is -0.558. The molecule has 0 unspecified atom stereocenters. The molecule has 35 heavy (non-hydrogen) atoms. The van der Waals surface area contributed by atoms with E-state index in [0.29, 0.717) is 16.7 Å². The summed E-state index contributed by atoms with van der Waals surface area (Å²) in [6, 6.07) is 0. The molecule has 0 amide bonds. The van der Waals surface area contributed by atoms with Gasteiger partial charge in [0.05, 0.1) is 5.41 Å². The highest BCUT2D eigenvalue weighted by atomic mass is 35.5. The summed E-state index contributed by atoms with van der Waals surface area (Å²) < 4.78 is 11.3. The average Bonchev–Trinajstić information content (AvgIpc) is 3.29.